The van der Waals surface area contributed by atoms with Gasteiger partial charge in [0.1, 0.15) is 11.6 Å². The van der Waals surface area contributed by atoms with Gasteiger partial charge in [0, 0.05) is 12.1 Å². The molecule has 0 bridgehead atoms. The van der Waals surface area contributed by atoms with Crippen LogP contribution >= 0.6 is 12.2 Å². The molecule has 3 aromatic rings. The fourth-order valence-corrected chi connectivity index (χ4v) is 2.64. The van der Waals surface area contributed by atoms with Gasteiger partial charge in [-0.1, -0.05) is 6.07 Å². The Morgan fingerprint density at radius 3 is 2.75 bits per heavy atom. The number of carbonyl (C=O) groups excluding carboxylic acids is 1. The Morgan fingerprint density at radius 2 is 2.00 bits per heavy atom. The van der Waals surface area contributed by atoms with Gasteiger partial charge in [-0.25, -0.2) is 8.78 Å². The van der Waals surface area contributed by atoms with Gasteiger partial charge in [0.15, 0.2) is 4.77 Å². The number of carbonyl (C=O) groups is 1. The van der Waals surface area contributed by atoms with Gasteiger partial charge in [0.2, 0.25) is 0 Å². The zero-order valence-electron chi connectivity index (χ0n) is 12.3. The van der Waals surface area contributed by atoms with Crippen LogP contribution < -0.4 is 5.32 Å². The molecule has 24 heavy (non-hydrogen) atoms. The molecule has 0 aliphatic carbocycles. The van der Waals surface area contributed by atoms with Gasteiger partial charge in [-0.3, -0.25) is 4.79 Å². The van der Waals surface area contributed by atoms with Crippen molar-refractivity contribution >= 4 is 29.2 Å². The first-order valence-electron chi connectivity index (χ1n) is 7.06. The number of halogens is 2. The van der Waals surface area contributed by atoms with Crippen LogP contribution in [-0.2, 0) is 13.2 Å². The Hall–Kier alpha value is -2.58. The number of rotatable bonds is 4. The van der Waals surface area contributed by atoms with Gasteiger partial charge in [0.25, 0.3) is 5.91 Å². The molecule has 0 spiro atoms. The van der Waals surface area contributed by atoms with Crippen molar-refractivity contribution in [2.24, 2.45) is 0 Å². The smallest absolute Gasteiger partial charge is 0.253 e. The summed E-state index contributed by atoms with van der Waals surface area (Å²) in [7, 11) is 0. The quantitative estimate of drug-likeness (QED) is 0.547. The molecule has 8 heteroatoms. The number of benzene rings is 2. The molecule has 0 radical (unpaired) electrons. The summed E-state index contributed by atoms with van der Waals surface area (Å²) in [6, 6.07) is 6.53. The second kappa shape index (κ2) is 6.50. The molecule has 0 unspecified atom stereocenters. The van der Waals surface area contributed by atoms with Crippen molar-refractivity contribution in [1.82, 2.24) is 15.3 Å². The van der Waals surface area contributed by atoms with E-state index in [0.717, 1.165) is 6.07 Å². The van der Waals surface area contributed by atoms with E-state index in [1.54, 1.807) is 0 Å². The molecule has 0 atom stereocenters. The maximum absolute atomic E-state index is 13.7. The monoisotopic (exact) mass is 349 g/mol. The SMILES string of the molecule is O=C(NCc1ccc(F)c(CO)c1)c1cc(F)cc2[nH]c(=S)[nH]c12. The van der Waals surface area contributed by atoms with Crippen molar-refractivity contribution in [1.29, 1.82) is 0 Å². The van der Waals surface area contributed by atoms with Crippen LogP contribution in [0, 0.1) is 16.4 Å². The van der Waals surface area contributed by atoms with Crippen LogP contribution in [0.2, 0.25) is 0 Å². The minimum Gasteiger partial charge on any atom is -0.392 e. The van der Waals surface area contributed by atoms with E-state index in [1.165, 1.54) is 24.3 Å². The van der Waals surface area contributed by atoms with Gasteiger partial charge in [0.05, 0.1) is 23.2 Å². The molecule has 0 aliphatic heterocycles. The predicted molar refractivity (Wildman–Crippen MR) is 86.9 cm³/mol. The predicted octanol–water partition coefficient (Wildman–Crippen LogP) is 2.93. The lowest BCUT2D eigenvalue weighted by Gasteiger charge is -2.08. The highest BCUT2D eigenvalue weighted by Gasteiger charge is 2.14. The fraction of sp³-hybridized carbons (Fsp3) is 0.125. The maximum atomic E-state index is 13.7. The normalized spacial score (nSPS) is 11.0. The summed E-state index contributed by atoms with van der Waals surface area (Å²) in [5, 5.41) is 11.7. The standard InChI is InChI=1S/C16H13F2N3O2S/c17-10-4-11(14-13(5-10)20-16(24)21-14)15(23)19-6-8-1-2-12(18)9(3-8)7-22/h1-5,22H,6-7H2,(H,19,23)(H2,20,21,24). The van der Waals surface area contributed by atoms with Crippen LogP contribution in [0.3, 0.4) is 0 Å². The summed E-state index contributed by atoms with van der Waals surface area (Å²) >= 11 is 4.96. The Morgan fingerprint density at radius 1 is 1.21 bits per heavy atom. The highest BCUT2D eigenvalue weighted by molar-refractivity contribution is 7.71. The van der Waals surface area contributed by atoms with Crippen molar-refractivity contribution < 1.29 is 18.7 Å². The van der Waals surface area contributed by atoms with Gasteiger partial charge in [-0.05, 0) is 42.0 Å². The highest BCUT2D eigenvalue weighted by atomic mass is 32.1. The minimum absolute atomic E-state index is 0.106. The van der Waals surface area contributed by atoms with E-state index in [0.29, 0.717) is 16.6 Å². The highest BCUT2D eigenvalue weighted by Crippen LogP contribution is 2.18. The average Bonchev–Trinajstić information content (AvgIpc) is 2.92. The number of aliphatic hydroxyl groups is 1. The third kappa shape index (κ3) is 3.19. The zero-order valence-corrected chi connectivity index (χ0v) is 13.1. The lowest BCUT2D eigenvalue weighted by atomic mass is 10.1. The Bertz CT molecular complexity index is 981. The third-order valence-corrected chi connectivity index (χ3v) is 3.77. The summed E-state index contributed by atoms with van der Waals surface area (Å²) in [4.78, 5) is 17.9. The number of hydrogen-bond donors (Lipinski definition) is 4. The first kappa shape index (κ1) is 16.3. The van der Waals surface area contributed by atoms with E-state index >= 15 is 0 Å². The topological polar surface area (TPSA) is 80.9 Å². The number of H-pyrrole nitrogens is 2. The van der Waals surface area contributed by atoms with Crippen LogP contribution in [0.25, 0.3) is 11.0 Å². The third-order valence-electron chi connectivity index (χ3n) is 3.57. The summed E-state index contributed by atoms with van der Waals surface area (Å²) in [6.45, 7) is -0.326. The van der Waals surface area contributed by atoms with Crippen molar-refractivity contribution in [3.8, 4) is 0 Å². The first-order chi connectivity index (χ1) is 11.5. The molecule has 1 heterocycles. The van der Waals surface area contributed by atoms with Gasteiger partial charge < -0.3 is 20.4 Å². The minimum atomic E-state index is -0.567. The van der Waals surface area contributed by atoms with Crippen molar-refractivity contribution in [3.05, 3.63) is 63.4 Å². The summed E-state index contributed by atoms with van der Waals surface area (Å²) in [6.07, 6.45) is 0. The van der Waals surface area contributed by atoms with Crippen LogP contribution in [-0.4, -0.2) is 21.0 Å². The molecule has 4 N–H and O–H groups in total. The van der Waals surface area contributed by atoms with Crippen LogP contribution in [0.15, 0.2) is 30.3 Å². The second-order valence-electron chi connectivity index (χ2n) is 5.22. The largest absolute Gasteiger partial charge is 0.392 e. The molecular weight excluding hydrogens is 336 g/mol. The van der Waals surface area contributed by atoms with Gasteiger partial charge >= 0.3 is 0 Å². The molecular formula is C16H13F2N3O2S. The zero-order chi connectivity index (χ0) is 17.3. The molecule has 0 aliphatic rings. The van der Waals surface area contributed by atoms with E-state index in [4.69, 9.17) is 17.3 Å². The Kier molecular flexibility index (Phi) is 4.41. The second-order valence-corrected chi connectivity index (χ2v) is 5.63. The number of amides is 1. The number of fused-ring (bicyclic) bond motifs is 1. The molecule has 0 saturated carbocycles. The fourth-order valence-electron chi connectivity index (χ4n) is 2.42. The molecule has 1 amide bonds. The number of aromatic amines is 2. The molecule has 124 valence electrons. The molecule has 5 nitrogen and oxygen atoms in total. The van der Waals surface area contributed by atoms with Crippen molar-refractivity contribution in [2.75, 3.05) is 0 Å². The number of hydrogen-bond acceptors (Lipinski definition) is 3. The van der Waals surface area contributed by atoms with Crippen LogP contribution in [0.1, 0.15) is 21.5 Å². The van der Waals surface area contributed by atoms with Crippen molar-refractivity contribution in [3.63, 3.8) is 0 Å². The first-order valence-corrected chi connectivity index (χ1v) is 7.46. The number of imidazole rings is 1. The Balaban J connectivity index is 1.84. The van der Waals surface area contributed by atoms with E-state index in [9.17, 15) is 13.6 Å². The molecule has 3 rings (SSSR count). The maximum Gasteiger partial charge on any atom is 0.253 e. The van der Waals surface area contributed by atoms with Crippen LogP contribution in [0.4, 0.5) is 8.78 Å². The van der Waals surface area contributed by atoms with E-state index in [1.807, 2.05) is 0 Å². The van der Waals surface area contributed by atoms with Gasteiger partial charge in [-0.15, -0.1) is 0 Å². The molecule has 2 aromatic carbocycles. The average molecular weight is 349 g/mol. The van der Waals surface area contributed by atoms with Gasteiger partial charge in [-0.2, -0.15) is 0 Å². The lowest BCUT2D eigenvalue weighted by Crippen LogP contribution is -2.23. The number of aliphatic hydroxyl groups excluding tert-OH is 1. The molecule has 0 saturated heterocycles. The molecule has 0 fully saturated rings. The van der Waals surface area contributed by atoms with E-state index in [-0.39, 0.29) is 22.4 Å². The van der Waals surface area contributed by atoms with Crippen LogP contribution in [0.5, 0.6) is 0 Å². The lowest BCUT2D eigenvalue weighted by molar-refractivity contribution is 0.0952. The summed E-state index contributed by atoms with van der Waals surface area (Å²) in [5.74, 6) is -1.58. The Labute approximate surface area is 140 Å². The summed E-state index contributed by atoms with van der Waals surface area (Å²) < 4.78 is 27.3. The number of aromatic nitrogens is 2. The molecule has 1 aromatic heterocycles. The number of nitrogens with one attached hydrogen (secondary N) is 3. The van der Waals surface area contributed by atoms with Crippen molar-refractivity contribution in [2.45, 2.75) is 13.2 Å². The van der Waals surface area contributed by atoms with E-state index in [2.05, 4.69) is 15.3 Å². The summed E-state index contributed by atoms with van der Waals surface area (Å²) in [5.41, 5.74) is 1.68. The van der Waals surface area contributed by atoms with E-state index < -0.39 is 24.1 Å².